The van der Waals surface area contributed by atoms with Crippen LogP contribution in [0.2, 0.25) is 0 Å². The van der Waals surface area contributed by atoms with E-state index >= 15 is 0 Å². The largest absolute Gasteiger partial charge is 0.508 e. The summed E-state index contributed by atoms with van der Waals surface area (Å²) in [6.07, 6.45) is -2.91. The second kappa shape index (κ2) is 9.03. The van der Waals surface area contributed by atoms with Crippen LogP contribution in [0.1, 0.15) is 27.6 Å². The van der Waals surface area contributed by atoms with Gasteiger partial charge in [0.05, 0.1) is 5.56 Å². The number of carbonyl (C=O) groups is 1. The maximum atomic E-state index is 12.8. The first-order valence-electron chi connectivity index (χ1n) is 10.1. The highest BCUT2D eigenvalue weighted by Gasteiger charge is 2.37. The van der Waals surface area contributed by atoms with Crippen LogP contribution in [0.15, 0.2) is 36.4 Å². The number of esters is 1. The van der Waals surface area contributed by atoms with E-state index in [2.05, 4.69) is 4.18 Å². The smallest absolute Gasteiger partial charge is 0.446 e. The molecule has 0 aromatic heterocycles. The molecule has 37 heavy (non-hydrogen) atoms. The Hall–Kier alpha value is -4.76. The number of hydrogen-bond donors (Lipinski definition) is 8. The fraction of sp³-hybridized carbons (Fsp3) is 0.136. The topological polar surface area (TPSA) is 241 Å². The minimum absolute atomic E-state index is 0.0491. The van der Waals surface area contributed by atoms with Gasteiger partial charge in [0.15, 0.2) is 34.9 Å². The van der Waals surface area contributed by atoms with Crippen molar-refractivity contribution in [1.82, 2.24) is 0 Å². The van der Waals surface area contributed by atoms with Crippen LogP contribution >= 0.6 is 0 Å². The summed E-state index contributed by atoms with van der Waals surface area (Å²) >= 11 is 0. The van der Waals surface area contributed by atoms with Gasteiger partial charge in [-0.15, -0.1) is 0 Å². The standard InChI is InChI=1S/C22H18O14S/c23-10-5-12(24)11-7-18(35-22(30)9-3-13(25)19(29)14(26)4-9)20(34-17(11)6-10)8-1-15(27)21(16(28)2-8)36-37(31,32)33/h1-6,18,20,23-29H,7H2,(H,31,32,33)/t18-,20-/m1/s1. The predicted octanol–water partition coefficient (Wildman–Crippen LogP) is 1.71. The van der Waals surface area contributed by atoms with Gasteiger partial charge in [-0.05, 0) is 24.3 Å². The molecular weight excluding hydrogens is 520 g/mol. The fourth-order valence-corrected chi connectivity index (χ4v) is 4.12. The number of rotatable bonds is 5. The first-order valence-corrected chi connectivity index (χ1v) is 11.5. The van der Waals surface area contributed by atoms with Crippen molar-refractivity contribution in [3.05, 3.63) is 53.1 Å². The van der Waals surface area contributed by atoms with Gasteiger partial charge >= 0.3 is 16.4 Å². The number of hydrogen-bond acceptors (Lipinski definition) is 13. The normalized spacial score (nSPS) is 16.9. The predicted molar refractivity (Wildman–Crippen MR) is 119 cm³/mol. The van der Waals surface area contributed by atoms with Crippen molar-refractivity contribution < 1.29 is 67.2 Å². The fourth-order valence-electron chi connectivity index (χ4n) is 3.74. The highest BCUT2D eigenvalue weighted by atomic mass is 32.3. The molecule has 0 saturated carbocycles. The van der Waals surface area contributed by atoms with Crippen LogP contribution < -0.4 is 8.92 Å². The van der Waals surface area contributed by atoms with E-state index < -0.39 is 68.8 Å². The van der Waals surface area contributed by atoms with E-state index in [-0.39, 0.29) is 34.6 Å². The molecule has 196 valence electrons. The van der Waals surface area contributed by atoms with E-state index in [1.54, 1.807) is 0 Å². The average Bonchev–Trinajstić information content (AvgIpc) is 2.78. The van der Waals surface area contributed by atoms with Gasteiger partial charge in [-0.3, -0.25) is 4.55 Å². The molecule has 1 aliphatic heterocycles. The van der Waals surface area contributed by atoms with Crippen LogP contribution in [0.4, 0.5) is 0 Å². The Morgan fingerprint density at radius 3 is 2.00 bits per heavy atom. The van der Waals surface area contributed by atoms with Gasteiger partial charge in [0.2, 0.25) is 5.75 Å². The van der Waals surface area contributed by atoms with Gasteiger partial charge in [0.25, 0.3) is 0 Å². The lowest BCUT2D eigenvalue weighted by atomic mass is 9.93. The molecule has 15 heteroatoms. The summed E-state index contributed by atoms with van der Waals surface area (Å²) in [4.78, 5) is 12.8. The molecule has 0 unspecified atom stereocenters. The first kappa shape index (κ1) is 25.3. The molecule has 8 N–H and O–H groups in total. The summed E-state index contributed by atoms with van der Waals surface area (Å²) in [5.74, 6) is -7.33. The zero-order valence-electron chi connectivity index (χ0n) is 18.3. The van der Waals surface area contributed by atoms with E-state index in [1.807, 2.05) is 0 Å². The van der Waals surface area contributed by atoms with E-state index in [1.165, 1.54) is 0 Å². The molecule has 0 bridgehead atoms. The van der Waals surface area contributed by atoms with Crippen molar-refractivity contribution in [3.8, 4) is 51.7 Å². The molecule has 1 aliphatic rings. The van der Waals surface area contributed by atoms with Crippen LogP contribution in [-0.2, 0) is 21.6 Å². The summed E-state index contributed by atoms with van der Waals surface area (Å²) in [6, 6.07) is 5.56. The number of phenols is 7. The summed E-state index contributed by atoms with van der Waals surface area (Å²) < 4.78 is 46.2. The minimum atomic E-state index is -5.11. The number of fused-ring (bicyclic) bond motifs is 1. The van der Waals surface area contributed by atoms with Crippen LogP contribution in [0, 0.1) is 0 Å². The quantitative estimate of drug-likeness (QED) is 0.131. The van der Waals surface area contributed by atoms with Crippen molar-refractivity contribution in [2.45, 2.75) is 18.6 Å². The summed E-state index contributed by atoms with van der Waals surface area (Å²) in [6.45, 7) is 0. The number of ether oxygens (including phenoxy) is 2. The molecule has 4 rings (SSSR count). The highest BCUT2D eigenvalue weighted by Crippen LogP contribution is 2.46. The van der Waals surface area contributed by atoms with Crippen molar-refractivity contribution in [1.29, 1.82) is 0 Å². The zero-order chi connectivity index (χ0) is 27.2. The highest BCUT2D eigenvalue weighted by molar-refractivity contribution is 7.81. The number of phenolic OH excluding ortho intramolecular Hbond substituents is 7. The van der Waals surface area contributed by atoms with Gasteiger partial charge in [-0.25, -0.2) is 4.79 Å². The molecule has 3 aromatic rings. The summed E-state index contributed by atoms with van der Waals surface area (Å²) in [5, 5.41) is 69.4. The maximum Gasteiger partial charge on any atom is 0.446 e. The van der Waals surface area contributed by atoms with Gasteiger partial charge in [-0.1, -0.05) is 0 Å². The van der Waals surface area contributed by atoms with Crippen molar-refractivity contribution in [3.63, 3.8) is 0 Å². The Morgan fingerprint density at radius 1 is 0.838 bits per heavy atom. The molecule has 0 spiro atoms. The molecule has 14 nitrogen and oxygen atoms in total. The van der Waals surface area contributed by atoms with Gasteiger partial charge in [-0.2, -0.15) is 8.42 Å². The van der Waals surface area contributed by atoms with Crippen LogP contribution in [0.25, 0.3) is 0 Å². The Bertz CT molecular complexity index is 1470. The number of carbonyl (C=O) groups excluding carboxylic acids is 1. The van der Waals surface area contributed by atoms with Gasteiger partial charge in [0.1, 0.15) is 23.4 Å². The molecule has 0 radical (unpaired) electrons. The molecule has 0 saturated heterocycles. The lowest BCUT2D eigenvalue weighted by molar-refractivity contribution is -0.0189. The Kier molecular flexibility index (Phi) is 6.18. The molecule has 3 aromatic carbocycles. The van der Waals surface area contributed by atoms with Gasteiger partial charge in [0, 0.05) is 29.7 Å². The number of benzene rings is 3. The van der Waals surface area contributed by atoms with E-state index in [9.17, 15) is 49.0 Å². The van der Waals surface area contributed by atoms with E-state index in [4.69, 9.17) is 14.0 Å². The Labute approximate surface area is 207 Å². The summed E-state index contributed by atoms with van der Waals surface area (Å²) in [5.41, 5.74) is -0.363. The number of aromatic hydroxyl groups is 7. The van der Waals surface area contributed by atoms with Gasteiger partial charge < -0.3 is 49.4 Å². The van der Waals surface area contributed by atoms with E-state index in [0.717, 1.165) is 36.4 Å². The third-order valence-corrected chi connectivity index (χ3v) is 5.70. The van der Waals surface area contributed by atoms with Crippen molar-refractivity contribution in [2.75, 3.05) is 0 Å². The maximum absolute atomic E-state index is 12.8. The minimum Gasteiger partial charge on any atom is -0.508 e. The monoisotopic (exact) mass is 538 g/mol. The molecule has 0 amide bonds. The average molecular weight is 538 g/mol. The third-order valence-electron chi connectivity index (χ3n) is 5.32. The third kappa shape index (κ3) is 5.12. The Balaban J connectivity index is 1.76. The molecule has 0 fully saturated rings. The molecule has 2 atom stereocenters. The Morgan fingerprint density at radius 2 is 1.43 bits per heavy atom. The van der Waals surface area contributed by atoms with Crippen molar-refractivity contribution >= 4 is 16.4 Å². The molecular formula is C22H18O14S. The zero-order valence-corrected chi connectivity index (χ0v) is 19.1. The van der Waals surface area contributed by atoms with E-state index in [0.29, 0.717) is 0 Å². The summed E-state index contributed by atoms with van der Waals surface area (Å²) in [7, 11) is -5.11. The first-order chi connectivity index (χ1) is 17.2. The van der Waals surface area contributed by atoms with Crippen LogP contribution in [0.5, 0.6) is 51.7 Å². The lowest BCUT2D eigenvalue weighted by Crippen LogP contribution is -2.34. The van der Waals surface area contributed by atoms with Crippen LogP contribution in [0.3, 0.4) is 0 Å². The molecule has 1 heterocycles. The lowest BCUT2D eigenvalue weighted by Gasteiger charge is -2.34. The second-order valence-corrected chi connectivity index (χ2v) is 8.91. The van der Waals surface area contributed by atoms with Crippen LogP contribution in [-0.4, -0.2) is 60.8 Å². The second-order valence-electron chi connectivity index (χ2n) is 7.89. The van der Waals surface area contributed by atoms with Crippen molar-refractivity contribution in [2.24, 2.45) is 0 Å². The molecule has 0 aliphatic carbocycles. The SMILES string of the molecule is O=C(O[C@@H]1Cc2c(O)cc(O)cc2O[C@@H]1c1cc(O)c(OS(=O)(=O)O)c(O)c1)c1cc(O)c(O)c(O)c1.